The fourth-order valence-corrected chi connectivity index (χ4v) is 3.32. The number of rotatable bonds is 4. The first-order chi connectivity index (χ1) is 10.6. The summed E-state index contributed by atoms with van der Waals surface area (Å²) in [6, 6.07) is 0. The molecule has 0 aliphatic carbocycles. The van der Waals surface area contributed by atoms with Crippen molar-refractivity contribution in [3.05, 3.63) is 16.1 Å². The Labute approximate surface area is 135 Å². The van der Waals surface area contributed by atoms with Gasteiger partial charge in [0, 0.05) is 31.2 Å². The average molecular weight is 324 g/mol. The number of nitrogens with one attached hydrogen (secondary N) is 1. The number of aliphatic imine (C=N–C) groups is 1. The summed E-state index contributed by atoms with van der Waals surface area (Å²) in [4.78, 5) is 23.9. The van der Waals surface area contributed by atoms with Crippen LogP contribution in [-0.2, 0) is 16.1 Å². The molecule has 22 heavy (non-hydrogen) atoms. The molecular formula is C15H24N4O2S. The van der Waals surface area contributed by atoms with Gasteiger partial charge in [0.05, 0.1) is 19.1 Å². The molecule has 0 bridgehead atoms. The van der Waals surface area contributed by atoms with Gasteiger partial charge >= 0.3 is 5.97 Å². The van der Waals surface area contributed by atoms with Gasteiger partial charge in [-0.05, 0) is 26.7 Å². The van der Waals surface area contributed by atoms with Crippen LogP contribution in [0.4, 0.5) is 0 Å². The molecule has 1 saturated heterocycles. The monoisotopic (exact) mass is 324 g/mol. The topological polar surface area (TPSA) is 66.8 Å². The summed E-state index contributed by atoms with van der Waals surface area (Å²) >= 11 is 1.68. The van der Waals surface area contributed by atoms with Crippen molar-refractivity contribution in [2.45, 2.75) is 33.2 Å². The number of carbonyl (C=O) groups is 1. The molecule has 122 valence electrons. The van der Waals surface area contributed by atoms with Crippen LogP contribution in [0, 0.1) is 12.8 Å². The van der Waals surface area contributed by atoms with Crippen molar-refractivity contribution in [3.8, 4) is 0 Å². The summed E-state index contributed by atoms with van der Waals surface area (Å²) in [5, 5.41) is 4.37. The van der Waals surface area contributed by atoms with E-state index in [1.807, 2.05) is 20.0 Å². The van der Waals surface area contributed by atoms with E-state index in [-0.39, 0.29) is 11.9 Å². The van der Waals surface area contributed by atoms with E-state index in [1.54, 1.807) is 18.4 Å². The second-order valence-corrected chi connectivity index (χ2v) is 6.62. The van der Waals surface area contributed by atoms with Gasteiger partial charge in [-0.2, -0.15) is 0 Å². The number of nitrogens with zero attached hydrogens (tertiary/aromatic N) is 3. The molecule has 1 aromatic rings. The predicted molar refractivity (Wildman–Crippen MR) is 88.0 cm³/mol. The zero-order chi connectivity index (χ0) is 15.9. The number of thiazole rings is 1. The molecule has 1 atom stereocenters. The van der Waals surface area contributed by atoms with Gasteiger partial charge in [-0.1, -0.05) is 0 Å². The number of carbonyl (C=O) groups excluding carboxylic acids is 1. The molecule has 1 N–H and O–H groups in total. The predicted octanol–water partition coefficient (Wildman–Crippen LogP) is 1.80. The zero-order valence-corrected chi connectivity index (χ0v) is 14.3. The molecule has 1 aliphatic heterocycles. The van der Waals surface area contributed by atoms with Gasteiger partial charge in [-0.15, -0.1) is 11.3 Å². The number of aryl methyl sites for hydroxylation is 1. The van der Waals surface area contributed by atoms with Crippen LogP contribution in [0.1, 0.15) is 29.7 Å². The van der Waals surface area contributed by atoms with Crippen LogP contribution in [0.5, 0.6) is 0 Å². The number of esters is 1. The Balaban J connectivity index is 1.91. The first-order valence-electron chi connectivity index (χ1n) is 7.67. The highest BCUT2D eigenvalue weighted by Crippen LogP contribution is 2.18. The second-order valence-electron chi connectivity index (χ2n) is 5.30. The summed E-state index contributed by atoms with van der Waals surface area (Å²) in [5.74, 6) is 0.661. The molecule has 1 fully saturated rings. The van der Waals surface area contributed by atoms with E-state index in [4.69, 9.17) is 4.74 Å². The lowest BCUT2D eigenvalue weighted by Crippen LogP contribution is -2.48. The van der Waals surface area contributed by atoms with Gasteiger partial charge in [0.15, 0.2) is 5.96 Å². The Kier molecular flexibility index (Phi) is 6.18. The Morgan fingerprint density at radius 2 is 2.45 bits per heavy atom. The highest BCUT2D eigenvalue weighted by Gasteiger charge is 2.28. The molecular weight excluding hydrogens is 300 g/mol. The summed E-state index contributed by atoms with van der Waals surface area (Å²) in [6.45, 7) is 6.55. The fraction of sp³-hybridized carbons (Fsp3) is 0.667. The van der Waals surface area contributed by atoms with Gasteiger partial charge in [-0.3, -0.25) is 9.79 Å². The molecule has 6 nitrogen and oxygen atoms in total. The number of hydrogen-bond donors (Lipinski definition) is 1. The van der Waals surface area contributed by atoms with Crippen LogP contribution in [0.15, 0.2) is 11.2 Å². The van der Waals surface area contributed by atoms with Crippen molar-refractivity contribution in [1.82, 2.24) is 15.2 Å². The molecule has 0 radical (unpaired) electrons. The molecule has 1 aliphatic rings. The minimum Gasteiger partial charge on any atom is -0.466 e. The number of piperidine rings is 1. The fourth-order valence-electron chi connectivity index (χ4n) is 2.59. The molecule has 0 saturated carbocycles. The van der Waals surface area contributed by atoms with Crippen LogP contribution in [0.25, 0.3) is 0 Å². The molecule has 2 rings (SSSR count). The van der Waals surface area contributed by atoms with E-state index in [9.17, 15) is 4.79 Å². The Morgan fingerprint density at radius 1 is 1.64 bits per heavy atom. The maximum absolute atomic E-state index is 11.9. The van der Waals surface area contributed by atoms with E-state index >= 15 is 0 Å². The molecule has 0 amide bonds. The largest absolute Gasteiger partial charge is 0.466 e. The standard InChI is InChI=1S/C15H24N4O2S/c1-4-21-14(20)12-6-5-7-19(10-12)15(16-3)18-9-13-17-8-11(2)22-13/h8,12H,4-7,9-10H2,1-3H3,(H,16,18). The SMILES string of the molecule is CCOC(=O)C1CCCN(C(=NC)NCc2ncc(C)s2)C1. The Hall–Kier alpha value is -1.63. The van der Waals surface area contributed by atoms with Gasteiger partial charge < -0.3 is 15.0 Å². The van der Waals surface area contributed by atoms with Crippen LogP contribution < -0.4 is 5.32 Å². The summed E-state index contributed by atoms with van der Waals surface area (Å²) in [7, 11) is 1.77. The lowest BCUT2D eigenvalue weighted by atomic mass is 9.98. The number of likely N-dealkylation sites (tertiary alicyclic amines) is 1. The molecule has 0 aromatic carbocycles. The first kappa shape index (κ1) is 16.7. The van der Waals surface area contributed by atoms with Gasteiger partial charge in [0.1, 0.15) is 5.01 Å². The average Bonchev–Trinajstić information content (AvgIpc) is 2.94. The second kappa shape index (κ2) is 8.12. The number of aromatic nitrogens is 1. The van der Waals surface area contributed by atoms with Crippen molar-refractivity contribution in [2.24, 2.45) is 10.9 Å². The summed E-state index contributed by atoms with van der Waals surface area (Å²) in [6.07, 6.45) is 3.74. The van der Waals surface area contributed by atoms with Crippen molar-refractivity contribution < 1.29 is 9.53 Å². The smallest absolute Gasteiger partial charge is 0.310 e. The van der Waals surface area contributed by atoms with E-state index in [1.165, 1.54) is 4.88 Å². The van der Waals surface area contributed by atoms with Crippen LogP contribution in [-0.4, -0.2) is 48.6 Å². The van der Waals surface area contributed by atoms with E-state index in [0.717, 1.165) is 30.4 Å². The highest BCUT2D eigenvalue weighted by atomic mass is 32.1. The zero-order valence-electron chi connectivity index (χ0n) is 13.5. The van der Waals surface area contributed by atoms with Gasteiger partial charge in [-0.25, -0.2) is 4.98 Å². The molecule has 2 heterocycles. The van der Waals surface area contributed by atoms with E-state index in [2.05, 4.69) is 20.2 Å². The highest BCUT2D eigenvalue weighted by molar-refractivity contribution is 7.11. The minimum atomic E-state index is -0.0989. The maximum Gasteiger partial charge on any atom is 0.310 e. The van der Waals surface area contributed by atoms with Crippen molar-refractivity contribution in [1.29, 1.82) is 0 Å². The lowest BCUT2D eigenvalue weighted by Gasteiger charge is -2.33. The summed E-state index contributed by atoms with van der Waals surface area (Å²) in [5.41, 5.74) is 0. The first-order valence-corrected chi connectivity index (χ1v) is 8.49. The molecule has 1 unspecified atom stereocenters. The quantitative estimate of drug-likeness (QED) is 0.520. The molecule has 1 aromatic heterocycles. The van der Waals surface area contributed by atoms with Crippen molar-refractivity contribution in [3.63, 3.8) is 0 Å². The van der Waals surface area contributed by atoms with Gasteiger partial charge in [0.2, 0.25) is 0 Å². The molecule has 0 spiro atoms. The summed E-state index contributed by atoms with van der Waals surface area (Å²) < 4.78 is 5.14. The minimum absolute atomic E-state index is 0.0608. The Bertz CT molecular complexity index is 529. The van der Waals surface area contributed by atoms with E-state index < -0.39 is 0 Å². The van der Waals surface area contributed by atoms with Gasteiger partial charge in [0.25, 0.3) is 0 Å². The normalized spacial score (nSPS) is 19.1. The third-order valence-electron chi connectivity index (χ3n) is 3.62. The van der Waals surface area contributed by atoms with Crippen LogP contribution in [0.3, 0.4) is 0 Å². The number of guanidine groups is 1. The maximum atomic E-state index is 11.9. The van der Waals surface area contributed by atoms with E-state index in [0.29, 0.717) is 19.7 Å². The lowest BCUT2D eigenvalue weighted by molar-refractivity contribution is -0.149. The van der Waals surface area contributed by atoms with Crippen molar-refractivity contribution >= 4 is 23.3 Å². The van der Waals surface area contributed by atoms with Crippen LogP contribution in [0.2, 0.25) is 0 Å². The number of ether oxygens (including phenoxy) is 1. The van der Waals surface area contributed by atoms with Crippen molar-refractivity contribution in [2.75, 3.05) is 26.7 Å². The molecule has 7 heteroatoms. The number of hydrogen-bond acceptors (Lipinski definition) is 5. The van der Waals surface area contributed by atoms with Crippen LogP contribution >= 0.6 is 11.3 Å². The third kappa shape index (κ3) is 4.43. The Morgan fingerprint density at radius 3 is 3.09 bits per heavy atom. The third-order valence-corrected chi connectivity index (χ3v) is 4.53.